The van der Waals surface area contributed by atoms with Crippen LogP contribution < -0.4 is 5.73 Å². The summed E-state index contributed by atoms with van der Waals surface area (Å²) in [5.74, 6) is 0.362. The molecule has 5 nitrogen and oxygen atoms in total. The third-order valence-corrected chi connectivity index (χ3v) is 3.37. The molecule has 5 heteroatoms. The molecule has 112 valence electrons. The van der Waals surface area contributed by atoms with Crippen LogP contribution in [0.1, 0.15) is 25.5 Å². The van der Waals surface area contributed by atoms with Crippen molar-refractivity contribution in [2.24, 2.45) is 11.7 Å². The number of nitrogens with two attached hydrogens (primary N) is 1. The smallest absolute Gasteiger partial charge is 0.223 e. The first-order chi connectivity index (χ1) is 9.71. The summed E-state index contributed by atoms with van der Waals surface area (Å²) < 4.78 is 5.08. The predicted octanol–water partition coefficient (Wildman–Crippen LogP) is 1.43. The van der Waals surface area contributed by atoms with Crippen LogP contribution in [0.25, 0.3) is 0 Å². The average Bonchev–Trinajstić information content (AvgIpc) is 2.49. The molecule has 1 heterocycles. The average molecular weight is 279 g/mol. The molecule has 0 spiro atoms. The van der Waals surface area contributed by atoms with Crippen molar-refractivity contribution in [3.63, 3.8) is 0 Å². The van der Waals surface area contributed by atoms with Crippen molar-refractivity contribution in [3.8, 4) is 0 Å². The van der Waals surface area contributed by atoms with Crippen LogP contribution in [0, 0.1) is 5.92 Å². The van der Waals surface area contributed by atoms with Crippen molar-refractivity contribution < 1.29 is 9.53 Å². The Hall–Kier alpha value is -1.46. The van der Waals surface area contributed by atoms with Crippen LogP contribution in [0.3, 0.4) is 0 Å². The lowest BCUT2D eigenvalue weighted by molar-refractivity contribution is -0.133. The molecular formula is C15H25N3O2. The normalized spacial score (nSPS) is 12.2. The summed E-state index contributed by atoms with van der Waals surface area (Å²) in [4.78, 5) is 18.4. The van der Waals surface area contributed by atoms with Gasteiger partial charge in [0.25, 0.3) is 0 Å². The fraction of sp³-hybridized carbons (Fsp3) is 0.600. The maximum absolute atomic E-state index is 12.4. The van der Waals surface area contributed by atoms with E-state index in [0.29, 0.717) is 32.7 Å². The molecule has 20 heavy (non-hydrogen) atoms. The molecule has 0 radical (unpaired) electrons. The van der Waals surface area contributed by atoms with E-state index < -0.39 is 0 Å². The van der Waals surface area contributed by atoms with Crippen LogP contribution in [0.4, 0.5) is 0 Å². The molecule has 0 aromatic carbocycles. The molecule has 0 saturated heterocycles. The van der Waals surface area contributed by atoms with E-state index in [1.54, 1.807) is 18.2 Å². The number of amides is 1. The van der Waals surface area contributed by atoms with Gasteiger partial charge in [-0.15, -0.1) is 0 Å². The van der Waals surface area contributed by atoms with E-state index in [-0.39, 0.29) is 11.8 Å². The number of rotatable bonds is 9. The summed E-state index contributed by atoms with van der Waals surface area (Å²) in [5, 5.41) is 0. The first-order valence-corrected chi connectivity index (χ1v) is 7.07. The highest BCUT2D eigenvalue weighted by Gasteiger charge is 2.18. The molecule has 0 aliphatic rings. The van der Waals surface area contributed by atoms with E-state index in [4.69, 9.17) is 10.5 Å². The Labute approximate surface area is 121 Å². The van der Waals surface area contributed by atoms with Gasteiger partial charge in [-0.05, 0) is 24.6 Å². The van der Waals surface area contributed by atoms with E-state index in [1.807, 2.05) is 18.2 Å². The van der Waals surface area contributed by atoms with Gasteiger partial charge < -0.3 is 15.4 Å². The number of aromatic nitrogens is 1. The van der Waals surface area contributed by atoms with Crippen molar-refractivity contribution in [3.05, 3.63) is 30.1 Å². The topological polar surface area (TPSA) is 68.5 Å². The van der Waals surface area contributed by atoms with E-state index in [9.17, 15) is 4.79 Å². The van der Waals surface area contributed by atoms with E-state index in [0.717, 1.165) is 12.1 Å². The minimum Gasteiger partial charge on any atom is -0.383 e. The number of methoxy groups -OCH3 is 1. The van der Waals surface area contributed by atoms with Crippen LogP contribution in [0.5, 0.6) is 0 Å². The lowest BCUT2D eigenvalue weighted by Crippen LogP contribution is -2.35. The van der Waals surface area contributed by atoms with Gasteiger partial charge in [-0.25, -0.2) is 0 Å². The zero-order chi connectivity index (χ0) is 14.8. The summed E-state index contributed by atoms with van der Waals surface area (Å²) in [6.07, 6.45) is 3.15. The Kier molecular flexibility index (Phi) is 7.84. The zero-order valence-electron chi connectivity index (χ0n) is 12.4. The molecule has 0 bridgehead atoms. The Morgan fingerprint density at radius 3 is 2.85 bits per heavy atom. The monoisotopic (exact) mass is 279 g/mol. The Bertz CT molecular complexity index is 380. The third-order valence-electron chi connectivity index (χ3n) is 3.37. The molecule has 1 atom stereocenters. The van der Waals surface area contributed by atoms with E-state index in [2.05, 4.69) is 11.9 Å². The first-order valence-electron chi connectivity index (χ1n) is 7.07. The molecule has 0 saturated carbocycles. The second-order valence-corrected chi connectivity index (χ2v) is 4.84. The maximum Gasteiger partial charge on any atom is 0.223 e. The van der Waals surface area contributed by atoms with Crippen molar-refractivity contribution >= 4 is 5.91 Å². The SMILES string of the molecule is CCC(CN)CC(=O)N(CCOC)Cc1ccccn1. The highest BCUT2D eigenvalue weighted by Crippen LogP contribution is 2.11. The van der Waals surface area contributed by atoms with Crippen LogP contribution >= 0.6 is 0 Å². The highest BCUT2D eigenvalue weighted by atomic mass is 16.5. The van der Waals surface area contributed by atoms with Gasteiger partial charge in [0.05, 0.1) is 18.8 Å². The molecule has 1 aromatic heterocycles. The summed E-state index contributed by atoms with van der Waals surface area (Å²) in [5.41, 5.74) is 6.56. The molecule has 2 N–H and O–H groups in total. The largest absolute Gasteiger partial charge is 0.383 e. The summed E-state index contributed by atoms with van der Waals surface area (Å²) in [7, 11) is 1.64. The number of hydrogen-bond donors (Lipinski definition) is 1. The highest BCUT2D eigenvalue weighted by molar-refractivity contribution is 5.76. The maximum atomic E-state index is 12.4. The lowest BCUT2D eigenvalue weighted by Gasteiger charge is -2.24. The Morgan fingerprint density at radius 2 is 2.30 bits per heavy atom. The fourth-order valence-electron chi connectivity index (χ4n) is 1.95. The fourth-order valence-corrected chi connectivity index (χ4v) is 1.95. The van der Waals surface area contributed by atoms with Gasteiger partial charge in [-0.1, -0.05) is 19.4 Å². The summed E-state index contributed by atoms with van der Waals surface area (Å²) in [6.45, 7) is 4.22. The van der Waals surface area contributed by atoms with Crippen molar-refractivity contribution in [2.45, 2.75) is 26.3 Å². The standard InChI is InChI=1S/C15H25N3O2/c1-3-13(11-16)10-15(19)18(8-9-20-2)12-14-6-4-5-7-17-14/h4-7,13H,3,8-12,16H2,1-2H3. The molecule has 0 aliphatic heterocycles. The van der Waals surface area contributed by atoms with Crippen molar-refractivity contribution in [1.82, 2.24) is 9.88 Å². The van der Waals surface area contributed by atoms with Crippen LogP contribution in [0.2, 0.25) is 0 Å². The molecule has 1 rings (SSSR count). The van der Waals surface area contributed by atoms with E-state index in [1.165, 1.54) is 0 Å². The van der Waals surface area contributed by atoms with Gasteiger partial charge in [0.15, 0.2) is 0 Å². The summed E-state index contributed by atoms with van der Waals surface area (Å²) >= 11 is 0. The summed E-state index contributed by atoms with van der Waals surface area (Å²) in [6, 6.07) is 5.72. The molecule has 0 fully saturated rings. The second kappa shape index (κ2) is 9.44. The van der Waals surface area contributed by atoms with Crippen molar-refractivity contribution in [1.29, 1.82) is 0 Å². The minimum atomic E-state index is 0.116. The van der Waals surface area contributed by atoms with Gasteiger partial charge in [-0.2, -0.15) is 0 Å². The minimum absolute atomic E-state index is 0.116. The van der Waals surface area contributed by atoms with Crippen LogP contribution in [-0.2, 0) is 16.1 Å². The third kappa shape index (κ3) is 5.67. The number of hydrogen-bond acceptors (Lipinski definition) is 4. The Morgan fingerprint density at radius 1 is 1.50 bits per heavy atom. The van der Waals surface area contributed by atoms with Crippen LogP contribution in [-0.4, -0.2) is 42.6 Å². The number of pyridine rings is 1. The van der Waals surface area contributed by atoms with Gasteiger partial charge in [0.2, 0.25) is 5.91 Å². The van der Waals surface area contributed by atoms with E-state index >= 15 is 0 Å². The van der Waals surface area contributed by atoms with Gasteiger partial charge in [0.1, 0.15) is 0 Å². The molecule has 1 aromatic rings. The molecule has 0 aliphatic carbocycles. The van der Waals surface area contributed by atoms with Crippen LogP contribution in [0.15, 0.2) is 24.4 Å². The quantitative estimate of drug-likeness (QED) is 0.742. The second-order valence-electron chi connectivity index (χ2n) is 4.84. The Balaban J connectivity index is 2.65. The van der Waals surface area contributed by atoms with Gasteiger partial charge >= 0.3 is 0 Å². The zero-order valence-corrected chi connectivity index (χ0v) is 12.4. The molecule has 1 amide bonds. The number of carbonyl (C=O) groups excluding carboxylic acids is 1. The predicted molar refractivity (Wildman–Crippen MR) is 79.0 cm³/mol. The lowest BCUT2D eigenvalue weighted by atomic mass is 10.0. The van der Waals surface area contributed by atoms with Crippen molar-refractivity contribution in [2.75, 3.05) is 26.8 Å². The number of carbonyl (C=O) groups is 1. The van der Waals surface area contributed by atoms with Gasteiger partial charge in [0, 0.05) is 26.3 Å². The molecular weight excluding hydrogens is 254 g/mol. The number of nitrogens with zero attached hydrogens (tertiary/aromatic N) is 2. The molecule has 1 unspecified atom stereocenters. The van der Waals surface area contributed by atoms with Gasteiger partial charge in [-0.3, -0.25) is 9.78 Å². The number of ether oxygens (including phenoxy) is 1. The first kappa shape index (κ1) is 16.6.